The van der Waals surface area contributed by atoms with Crippen molar-refractivity contribution >= 4 is 28.8 Å². The first-order chi connectivity index (χ1) is 15.4. The first-order valence-electron chi connectivity index (χ1n) is 10.9. The monoisotopic (exact) mass is 471 g/mol. The van der Waals surface area contributed by atoms with Gasteiger partial charge in [-0.15, -0.1) is 0 Å². The Balaban J connectivity index is 1.04. The van der Waals surface area contributed by atoms with E-state index in [1.165, 1.54) is 11.3 Å². The number of nitrogens with zero attached hydrogens (tertiary/aromatic N) is 2. The highest BCUT2D eigenvalue weighted by molar-refractivity contribution is 7.11. The number of benzene rings is 1. The first kappa shape index (κ1) is 20.3. The standard InChI is InChI=1S/C23H22ClN3O4S/c24-13-1-2-17-15(5-13)16(28)6-18(31-17)20(29)27-23-9-22(10-23,11-23)19-8-32-21(26-19)30-14-3-12(4-14)7-25/h1-2,5,8,12,14,16,18,28H,3-4,6,9-11H2,(H,27,29)/t12?,14?,16-,18-,22?,23?/m1/s1. The average molecular weight is 472 g/mol. The molecule has 7 nitrogen and oxygen atoms in total. The Bertz CT molecular complexity index is 1120. The number of fused-ring (bicyclic) bond motifs is 1. The molecule has 2 bridgehead atoms. The fourth-order valence-corrected chi connectivity index (χ4v) is 6.62. The molecule has 7 rings (SSSR count). The molecule has 1 aliphatic heterocycles. The zero-order valence-corrected chi connectivity index (χ0v) is 18.8. The Morgan fingerprint density at radius 2 is 2.12 bits per heavy atom. The molecule has 2 N–H and O–H groups in total. The highest BCUT2D eigenvalue weighted by Gasteiger charge is 2.70. The Hall–Kier alpha value is -2.34. The third-order valence-electron chi connectivity index (χ3n) is 7.32. The van der Waals surface area contributed by atoms with E-state index in [0.717, 1.165) is 37.8 Å². The summed E-state index contributed by atoms with van der Waals surface area (Å²) in [5, 5.41) is 25.8. The Kier molecular flexibility index (Phi) is 4.49. The van der Waals surface area contributed by atoms with E-state index in [9.17, 15) is 9.90 Å². The number of nitrogens with one attached hydrogen (secondary N) is 1. The number of halogens is 1. The molecule has 2 atom stereocenters. The van der Waals surface area contributed by atoms with Crippen LogP contribution in [0.5, 0.6) is 10.9 Å². The average Bonchev–Trinajstić information content (AvgIpc) is 3.14. The number of aromatic nitrogens is 1. The van der Waals surface area contributed by atoms with Crippen molar-refractivity contribution in [2.75, 3.05) is 0 Å². The largest absolute Gasteiger partial charge is 0.480 e. The fourth-order valence-electron chi connectivity index (χ4n) is 5.58. The van der Waals surface area contributed by atoms with Crippen LogP contribution in [0.4, 0.5) is 0 Å². The molecule has 1 aromatic heterocycles. The quantitative estimate of drug-likeness (QED) is 0.689. The van der Waals surface area contributed by atoms with E-state index in [2.05, 4.69) is 21.8 Å². The molecule has 1 amide bonds. The normalized spacial score (nSPS) is 36.3. The number of nitriles is 1. The lowest BCUT2D eigenvalue weighted by Gasteiger charge is -2.70. The van der Waals surface area contributed by atoms with Gasteiger partial charge in [-0.1, -0.05) is 22.9 Å². The van der Waals surface area contributed by atoms with E-state index in [0.29, 0.717) is 21.5 Å². The number of hydrogen-bond donors (Lipinski definition) is 2. The van der Waals surface area contributed by atoms with Crippen molar-refractivity contribution in [2.24, 2.45) is 5.92 Å². The zero-order chi connectivity index (χ0) is 22.1. The molecule has 0 saturated heterocycles. The minimum Gasteiger partial charge on any atom is -0.480 e. The van der Waals surface area contributed by atoms with Crippen LogP contribution in [-0.2, 0) is 10.2 Å². The summed E-state index contributed by atoms with van der Waals surface area (Å²) in [5.74, 6) is 0.434. The Labute approximate surface area is 194 Å². The van der Waals surface area contributed by atoms with Gasteiger partial charge in [0.05, 0.1) is 23.8 Å². The van der Waals surface area contributed by atoms with Crippen LogP contribution in [0, 0.1) is 17.2 Å². The lowest BCUT2D eigenvalue weighted by atomic mass is 9.38. The zero-order valence-electron chi connectivity index (χ0n) is 17.2. The molecule has 1 aromatic carbocycles. The maximum absolute atomic E-state index is 12.9. The molecule has 9 heteroatoms. The van der Waals surface area contributed by atoms with E-state index >= 15 is 0 Å². The Morgan fingerprint density at radius 3 is 2.88 bits per heavy atom. The van der Waals surface area contributed by atoms with Crippen molar-refractivity contribution in [1.29, 1.82) is 5.26 Å². The number of carbonyl (C=O) groups excluding carboxylic acids is 1. The molecule has 2 heterocycles. The number of thiazole rings is 1. The van der Waals surface area contributed by atoms with Crippen molar-refractivity contribution < 1.29 is 19.4 Å². The van der Waals surface area contributed by atoms with Gasteiger partial charge in [-0.05, 0) is 37.5 Å². The van der Waals surface area contributed by atoms with Crippen LogP contribution >= 0.6 is 22.9 Å². The molecule has 166 valence electrons. The van der Waals surface area contributed by atoms with Gasteiger partial charge >= 0.3 is 0 Å². The van der Waals surface area contributed by atoms with Crippen molar-refractivity contribution in [1.82, 2.24) is 10.3 Å². The van der Waals surface area contributed by atoms with E-state index in [4.69, 9.17) is 26.3 Å². The molecule has 0 spiro atoms. The molecule has 2 aromatic rings. The summed E-state index contributed by atoms with van der Waals surface area (Å²) in [4.78, 5) is 17.6. The van der Waals surface area contributed by atoms with Crippen LogP contribution in [0.25, 0.3) is 0 Å². The summed E-state index contributed by atoms with van der Waals surface area (Å²) in [7, 11) is 0. The molecule has 4 saturated carbocycles. The van der Waals surface area contributed by atoms with E-state index < -0.39 is 12.2 Å². The van der Waals surface area contributed by atoms with Crippen molar-refractivity contribution in [3.8, 4) is 17.0 Å². The van der Waals surface area contributed by atoms with Crippen LogP contribution in [0.2, 0.25) is 5.02 Å². The Morgan fingerprint density at radius 1 is 1.34 bits per heavy atom. The van der Waals surface area contributed by atoms with E-state index in [-0.39, 0.29) is 35.3 Å². The second kappa shape index (κ2) is 7.08. The van der Waals surface area contributed by atoms with Crippen LogP contribution in [0.3, 0.4) is 0 Å². The summed E-state index contributed by atoms with van der Waals surface area (Å²) >= 11 is 7.51. The van der Waals surface area contributed by atoms with Crippen LogP contribution in [0.1, 0.15) is 55.9 Å². The van der Waals surface area contributed by atoms with Gasteiger partial charge in [0.1, 0.15) is 11.9 Å². The molecule has 4 aliphatic carbocycles. The lowest BCUT2D eigenvalue weighted by molar-refractivity contribution is -0.147. The van der Waals surface area contributed by atoms with Crippen molar-refractivity contribution in [2.45, 2.75) is 67.8 Å². The second-order valence-corrected chi connectivity index (χ2v) is 10.9. The molecule has 32 heavy (non-hydrogen) atoms. The molecule has 4 fully saturated rings. The number of carbonyl (C=O) groups is 1. The number of amides is 1. The predicted molar refractivity (Wildman–Crippen MR) is 117 cm³/mol. The maximum Gasteiger partial charge on any atom is 0.273 e. The number of hydrogen-bond acceptors (Lipinski definition) is 7. The lowest BCUT2D eigenvalue weighted by Crippen LogP contribution is -2.77. The third kappa shape index (κ3) is 3.18. The summed E-state index contributed by atoms with van der Waals surface area (Å²) in [6, 6.07) is 7.33. The topological polar surface area (TPSA) is 104 Å². The highest BCUT2D eigenvalue weighted by atomic mass is 35.5. The molecule has 0 radical (unpaired) electrons. The molecule has 5 aliphatic rings. The maximum atomic E-state index is 12.9. The van der Waals surface area contributed by atoms with Gasteiger partial charge in [-0.2, -0.15) is 5.26 Å². The minimum atomic E-state index is -0.778. The van der Waals surface area contributed by atoms with E-state index in [1.54, 1.807) is 18.2 Å². The minimum absolute atomic E-state index is 0.0243. The third-order valence-corrected chi connectivity index (χ3v) is 8.29. The smallest absolute Gasteiger partial charge is 0.273 e. The first-order valence-corrected chi connectivity index (χ1v) is 12.1. The molecular weight excluding hydrogens is 450 g/mol. The van der Waals surface area contributed by atoms with E-state index in [1.807, 2.05) is 0 Å². The summed E-state index contributed by atoms with van der Waals surface area (Å²) in [5.41, 5.74) is 1.48. The second-order valence-electron chi connectivity index (χ2n) is 9.66. The van der Waals surface area contributed by atoms with Gasteiger partial charge in [-0.25, -0.2) is 4.98 Å². The predicted octanol–water partition coefficient (Wildman–Crippen LogP) is 3.65. The van der Waals surface area contributed by atoms with Crippen LogP contribution in [-0.4, -0.2) is 33.7 Å². The summed E-state index contributed by atoms with van der Waals surface area (Å²) < 4.78 is 11.8. The summed E-state index contributed by atoms with van der Waals surface area (Å²) in [6.45, 7) is 0. The SMILES string of the molecule is N#CC1CC(Oc2nc(C34CC(NC(=O)[C@H]5C[C@@H](O)c6cc(Cl)ccc6O5)(C3)C4)cs2)C1. The molecular formula is C23H22ClN3O4S. The van der Waals surface area contributed by atoms with Gasteiger partial charge in [-0.3, -0.25) is 4.79 Å². The van der Waals surface area contributed by atoms with Gasteiger partial charge in [0.15, 0.2) is 6.10 Å². The van der Waals surface area contributed by atoms with Crippen LogP contribution in [0.15, 0.2) is 23.6 Å². The number of aliphatic hydroxyl groups excluding tert-OH is 1. The van der Waals surface area contributed by atoms with Gasteiger partial charge in [0.25, 0.3) is 11.1 Å². The van der Waals surface area contributed by atoms with Gasteiger partial charge in [0, 0.05) is 46.2 Å². The number of aliphatic hydroxyl groups is 1. The van der Waals surface area contributed by atoms with Crippen LogP contribution < -0.4 is 14.8 Å². The van der Waals surface area contributed by atoms with Crippen molar-refractivity contribution in [3.63, 3.8) is 0 Å². The number of ether oxygens (including phenoxy) is 2. The number of rotatable bonds is 5. The summed E-state index contributed by atoms with van der Waals surface area (Å²) in [6.07, 6.45) is 2.94. The molecule has 0 unspecified atom stereocenters. The highest BCUT2D eigenvalue weighted by Crippen LogP contribution is 2.68. The fraction of sp³-hybridized carbons (Fsp3) is 0.522. The van der Waals surface area contributed by atoms with Crippen molar-refractivity contribution in [3.05, 3.63) is 39.9 Å². The van der Waals surface area contributed by atoms with Gasteiger partial charge in [0.2, 0.25) is 0 Å². The van der Waals surface area contributed by atoms with Gasteiger partial charge < -0.3 is 19.9 Å².